The molecule has 0 saturated heterocycles. The molecular formula is C17H29NO2S. The van der Waals surface area contributed by atoms with Crippen molar-refractivity contribution in [1.29, 1.82) is 0 Å². The summed E-state index contributed by atoms with van der Waals surface area (Å²) in [5.74, 6) is 4.18. The average Bonchev–Trinajstić information content (AvgIpc) is 2.51. The summed E-state index contributed by atoms with van der Waals surface area (Å²) < 4.78 is 11.7. The van der Waals surface area contributed by atoms with E-state index in [4.69, 9.17) is 9.47 Å². The number of nitrogens with one attached hydrogen (secondary N) is 1. The maximum Gasteiger partial charge on any atom is 0.127 e. The van der Waals surface area contributed by atoms with Crippen LogP contribution in [-0.4, -0.2) is 31.3 Å². The van der Waals surface area contributed by atoms with Crippen LogP contribution in [0.3, 0.4) is 0 Å². The highest BCUT2D eigenvalue weighted by Crippen LogP contribution is 2.25. The molecule has 0 aliphatic heterocycles. The van der Waals surface area contributed by atoms with E-state index in [0.29, 0.717) is 0 Å². The van der Waals surface area contributed by atoms with Crippen molar-refractivity contribution in [1.82, 2.24) is 5.32 Å². The van der Waals surface area contributed by atoms with Crippen LogP contribution in [0.2, 0.25) is 0 Å². The highest BCUT2D eigenvalue weighted by molar-refractivity contribution is 7.99. The van der Waals surface area contributed by atoms with Crippen molar-refractivity contribution >= 4 is 11.8 Å². The van der Waals surface area contributed by atoms with Crippen molar-refractivity contribution in [2.24, 2.45) is 0 Å². The van der Waals surface area contributed by atoms with E-state index in [-0.39, 0.29) is 0 Å². The van der Waals surface area contributed by atoms with Crippen molar-refractivity contribution in [3.63, 3.8) is 0 Å². The highest BCUT2D eigenvalue weighted by atomic mass is 32.2. The smallest absolute Gasteiger partial charge is 0.127 e. The fourth-order valence-electron chi connectivity index (χ4n) is 1.87. The van der Waals surface area contributed by atoms with Crippen molar-refractivity contribution in [2.45, 2.75) is 40.2 Å². The molecule has 4 heteroatoms. The van der Waals surface area contributed by atoms with Gasteiger partial charge < -0.3 is 14.8 Å². The maximum atomic E-state index is 5.97. The van der Waals surface area contributed by atoms with Crippen molar-refractivity contribution in [3.05, 3.63) is 23.8 Å². The van der Waals surface area contributed by atoms with Gasteiger partial charge in [0.15, 0.2) is 0 Å². The van der Waals surface area contributed by atoms with Crippen LogP contribution in [-0.2, 0) is 6.54 Å². The Hall–Kier alpha value is -0.870. The predicted molar refractivity (Wildman–Crippen MR) is 92.7 cm³/mol. The lowest BCUT2D eigenvalue weighted by atomic mass is 10.2. The topological polar surface area (TPSA) is 30.5 Å². The van der Waals surface area contributed by atoms with E-state index in [1.165, 1.54) is 11.3 Å². The molecule has 120 valence electrons. The number of rotatable bonds is 12. The summed E-state index contributed by atoms with van der Waals surface area (Å²) in [7, 11) is 0. The SMILES string of the molecule is CCCOc1ccc(CNCC)c(OCCCSCC)c1. The summed E-state index contributed by atoms with van der Waals surface area (Å²) in [6.07, 6.45) is 2.10. The molecule has 0 atom stereocenters. The zero-order valence-electron chi connectivity index (χ0n) is 13.6. The van der Waals surface area contributed by atoms with Gasteiger partial charge in [0.05, 0.1) is 13.2 Å². The molecule has 0 bridgehead atoms. The minimum absolute atomic E-state index is 0.749. The first-order valence-corrected chi connectivity index (χ1v) is 9.14. The standard InChI is InChI=1S/C17H29NO2S/c1-4-10-19-16-9-8-15(14-18-5-2)17(13-16)20-11-7-12-21-6-3/h8-9,13,18H,4-7,10-12,14H2,1-3H3. The lowest BCUT2D eigenvalue weighted by Crippen LogP contribution is -2.13. The summed E-state index contributed by atoms with van der Waals surface area (Å²) in [5, 5.41) is 3.35. The fourth-order valence-corrected chi connectivity index (χ4v) is 2.48. The van der Waals surface area contributed by atoms with Crippen LogP contribution in [0.1, 0.15) is 39.2 Å². The molecule has 0 fully saturated rings. The quantitative estimate of drug-likeness (QED) is 0.589. The van der Waals surface area contributed by atoms with E-state index < -0.39 is 0 Å². The van der Waals surface area contributed by atoms with E-state index in [9.17, 15) is 0 Å². The van der Waals surface area contributed by atoms with Gasteiger partial charge in [0, 0.05) is 18.2 Å². The second-order valence-electron chi connectivity index (χ2n) is 4.80. The number of hydrogen-bond acceptors (Lipinski definition) is 4. The minimum atomic E-state index is 0.749. The van der Waals surface area contributed by atoms with E-state index in [2.05, 4.69) is 32.2 Å². The first-order valence-electron chi connectivity index (χ1n) is 7.98. The molecular weight excluding hydrogens is 282 g/mol. The van der Waals surface area contributed by atoms with Gasteiger partial charge in [-0.05, 0) is 37.0 Å². The Labute approximate surface area is 133 Å². The molecule has 1 rings (SSSR count). The van der Waals surface area contributed by atoms with Gasteiger partial charge >= 0.3 is 0 Å². The molecule has 0 saturated carbocycles. The van der Waals surface area contributed by atoms with Gasteiger partial charge in [-0.2, -0.15) is 11.8 Å². The van der Waals surface area contributed by atoms with Gasteiger partial charge in [0.25, 0.3) is 0 Å². The zero-order valence-corrected chi connectivity index (χ0v) is 14.4. The van der Waals surface area contributed by atoms with Crippen LogP contribution in [0.15, 0.2) is 18.2 Å². The summed E-state index contributed by atoms with van der Waals surface area (Å²) in [5.41, 5.74) is 1.20. The van der Waals surface area contributed by atoms with Gasteiger partial charge in [-0.15, -0.1) is 0 Å². The summed E-state index contributed by atoms with van der Waals surface area (Å²) in [6.45, 7) is 9.73. The van der Waals surface area contributed by atoms with Crippen molar-refractivity contribution < 1.29 is 9.47 Å². The van der Waals surface area contributed by atoms with E-state index in [1.807, 2.05) is 23.9 Å². The van der Waals surface area contributed by atoms with Crippen molar-refractivity contribution in [2.75, 3.05) is 31.3 Å². The van der Waals surface area contributed by atoms with Gasteiger partial charge in [-0.25, -0.2) is 0 Å². The lowest BCUT2D eigenvalue weighted by molar-refractivity contribution is 0.299. The Morgan fingerprint density at radius 3 is 2.67 bits per heavy atom. The first kappa shape index (κ1) is 18.2. The molecule has 21 heavy (non-hydrogen) atoms. The molecule has 1 N–H and O–H groups in total. The van der Waals surface area contributed by atoms with Gasteiger partial charge in [-0.1, -0.05) is 26.8 Å². The molecule has 0 heterocycles. The molecule has 0 aliphatic carbocycles. The van der Waals surface area contributed by atoms with E-state index in [1.54, 1.807) is 0 Å². The Morgan fingerprint density at radius 2 is 1.95 bits per heavy atom. The van der Waals surface area contributed by atoms with Crippen molar-refractivity contribution in [3.8, 4) is 11.5 Å². The second-order valence-corrected chi connectivity index (χ2v) is 6.19. The highest BCUT2D eigenvalue weighted by Gasteiger charge is 2.06. The first-order chi connectivity index (χ1) is 10.3. The van der Waals surface area contributed by atoms with Gasteiger partial charge in [0.2, 0.25) is 0 Å². The minimum Gasteiger partial charge on any atom is -0.493 e. The van der Waals surface area contributed by atoms with Gasteiger partial charge in [0.1, 0.15) is 11.5 Å². The summed E-state index contributed by atoms with van der Waals surface area (Å²) >= 11 is 1.96. The average molecular weight is 311 g/mol. The van der Waals surface area contributed by atoms with Crippen LogP contribution in [0.4, 0.5) is 0 Å². The van der Waals surface area contributed by atoms with E-state index in [0.717, 1.165) is 56.4 Å². The normalized spacial score (nSPS) is 10.6. The lowest BCUT2D eigenvalue weighted by Gasteiger charge is -2.14. The van der Waals surface area contributed by atoms with Crippen LogP contribution in [0.5, 0.6) is 11.5 Å². The molecule has 0 aliphatic rings. The molecule has 0 radical (unpaired) electrons. The van der Waals surface area contributed by atoms with Crippen LogP contribution in [0, 0.1) is 0 Å². The molecule has 0 amide bonds. The van der Waals surface area contributed by atoms with E-state index >= 15 is 0 Å². The number of benzene rings is 1. The Morgan fingerprint density at radius 1 is 1.10 bits per heavy atom. The van der Waals surface area contributed by atoms with Crippen LogP contribution < -0.4 is 14.8 Å². The second kappa shape index (κ2) is 11.8. The summed E-state index contributed by atoms with van der Waals surface area (Å²) in [4.78, 5) is 0. The van der Waals surface area contributed by atoms with Gasteiger partial charge in [-0.3, -0.25) is 0 Å². The Kier molecular flexibility index (Phi) is 10.2. The number of ether oxygens (including phenoxy) is 2. The molecule has 1 aromatic rings. The fraction of sp³-hybridized carbons (Fsp3) is 0.647. The third-order valence-electron chi connectivity index (χ3n) is 2.97. The number of hydrogen-bond donors (Lipinski definition) is 1. The molecule has 0 spiro atoms. The third kappa shape index (κ3) is 7.63. The number of thioether (sulfide) groups is 1. The van der Waals surface area contributed by atoms with Crippen LogP contribution in [0.25, 0.3) is 0 Å². The largest absolute Gasteiger partial charge is 0.493 e. The predicted octanol–water partition coefficient (Wildman–Crippen LogP) is 4.11. The molecule has 3 nitrogen and oxygen atoms in total. The monoisotopic (exact) mass is 311 g/mol. The summed E-state index contributed by atoms with van der Waals surface area (Å²) in [6, 6.07) is 6.15. The Bertz CT molecular complexity index is 385. The molecule has 0 aromatic heterocycles. The Balaban J connectivity index is 2.60. The van der Waals surface area contributed by atoms with Crippen LogP contribution >= 0.6 is 11.8 Å². The maximum absolute atomic E-state index is 5.97. The molecule has 0 unspecified atom stereocenters. The molecule has 1 aromatic carbocycles. The third-order valence-corrected chi connectivity index (χ3v) is 3.96. The zero-order chi connectivity index (χ0) is 15.3.